The van der Waals surface area contributed by atoms with Crippen molar-refractivity contribution in [1.82, 2.24) is 4.72 Å². The van der Waals surface area contributed by atoms with Gasteiger partial charge in [0, 0.05) is 0 Å². The van der Waals surface area contributed by atoms with Crippen LogP contribution in [0, 0.1) is 0 Å². The molecule has 0 aliphatic carbocycles. The summed E-state index contributed by atoms with van der Waals surface area (Å²) in [7, 11) is -3.74. The SMILES string of the molecule is CS(=O)(=O)N[C@@H](C=O)[C@@H](O)[C@@H](O)[C@H](O)CO. The number of nitrogens with one attached hydrogen (secondary N) is 1. The van der Waals surface area contributed by atoms with E-state index in [-0.39, 0.29) is 6.29 Å². The zero-order chi connectivity index (χ0) is 12.9. The molecule has 16 heavy (non-hydrogen) atoms. The van der Waals surface area contributed by atoms with Crippen LogP contribution in [0.3, 0.4) is 0 Å². The minimum Gasteiger partial charge on any atom is -0.394 e. The van der Waals surface area contributed by atoms with E-state index in [1.807, 2.05) is 0 Å². The fourth-order valence-electron chi connectivity index (χ4n) is 0.973. The lowest BCUT2D eigenvalue weighted by molar-refractivity contribution is -0.119. The highest BCUT2D eigenvalue weighted by Crippen LogP contribution is 2.04. The Morgan fingerprint density at radius 2 is 1.75 bits per heavy atom. The summed E-state index contributed by atoms with van der Waals surface area (Å²) < 4.78 is 23.4. The average Bonchev–Trinajstić information content (AvgIpc) is 2.21. The molecule has 0 unspecified atom stereocenters. The van der Waals surface area contributed by atoms with Crippen molar-refractivity contribution < 1.29 is 33.6 Å². The van der Waals surface area contributed by atoms with E-state index in [0.717, 1.165) is 6.26 Å². The second-order valence-electron chi connectivity index (χ2n) is 3.28. The van der Waals surface area contributed by atoms with E-state index in [4.69, 9.17) is 10.2 Å². The summed E-state index contributed by atoms with van der Waals surface area (Å²) in [5, 5.41) is 36.1. The molecule has 0 aliphatic rings. The molecule has 5 N–H and O–H groups in total. The van der Waals surface area contributed by atoms with Gasteiger partial charge in [0.1, 0.15) is 30.6 Å². The lowest BCUT2D eigenvalue weighted by Crippen LogP contribution is -2.53. The number of hydrogen-bond donors (Lipinski definition) is 5. The van der Waals surface area contributed by atoms with Crippen molar-refractivity contribution in [1.29, 1.82) is 0 Å². The molecule has 0 radical (unpaired) electrons. The maximum Gasteiger partial charge on any atom is 0.209 e. The van der Waals surface area contributed by atoms with Gasteiger partial charge in [0.15, 0.2) is 0 Å². The maximum atomic E-state index is 10.8. The molecular weight excluding hydrogens is 242 g/mol. The van der Waals surface area contributed by atoms with Gasteiger partial charge in [-0.05, 0) is 0 Å². The van der Waals surface area contributed by atoms with Gasteiger partial charge < -0.3 is 25.2 Å². The third kappa shape index (κ3) is 4.96. The molecule has 0 heterocycles. The Kier molecular flexibility index (Phi) is 6.00. The third-order valence-corrected chi connectivity index (χ3v) is 2.50. The van der Waals surface area contributed by atoms with Gasteiger partial charge in [-0.15, -0.1) is 0 Å². The summed E-state index contributed by atoms with van der Waals surface area (Å²) in [5.41, 5.74) is 0. The van der Waals surface area contributed by atoms with E-state index in [1.165, 1.54) is 0 Å². The maximum absolute atomic E-state index is 10.8. The van der Waals surface area contributed by atoms with E-state index < -0.39 is 41.0 Å². The smallest absolute Gasteiger partial charge is 0.209 e. The quantitative estimate of drug-likeness (QED) is 0.294. The Hall–Kier alpha value is -0.580. The van der Waals surface area contributed by atoms with Crippen molar-refractivity contribution in [3.8, 4) is 0 Å². The van der Waals surface area contributed by atoms with E-state index in [9.17, 15) is 23.4 Å². The van der Waals surface area contributed by atoms with Crippen LogP contribution in [0.4, 0.5) is 0 Å². The molecule has 8 nitrogen and oxygen atoms in total. The number of rotatable bonds is 7. The minimum absolute atomic E-state index is 0.0824. The van der Waals surface area contributed by atoms with Crippen molar-refractivity contribution in [3.63, 3.8) is 0 Å². The molecule has 4 atom stereocenters. The van der Waals surface area contributed by atoms with Gasteiger partial charge in [-0.2, -0.15) is 0 Å². The summed E-state index contributed by atoms with van der Waals surface area (Å²) in [4.78, 5) is 10.5. The van der Waals surface area contributed by atoms with Gasteiger partial charge in [0.05, 0.1) is 12.9 Å². The molecule has 0 aliphatic heterocycles. The predicted molar refractivity (Wildman–Crippen MR) is 52.9 cm³/mol. The Balaban J connectivity index is 4.65. The van der Waals surface area contributed by atoms with Crippen LogP contribution in [-0.4, -0.2) is 72.3 Å². The summed E-state index contributed by atoms with van der Waals surface area (Å²) >= 11 is 0. The van der Waals surface area contributed by atoms with Gasteiger partial charge in [-0.1, -0.05) is 0 Å². The van der Waals surface area contributed by atoms with Crippen molar-refractivity contribution in [2.24, 2.45) is 0 Å². The van der Waals surface area contributed by atoms with E-state index in [1.54, 1.807) is 4.72 Å². The molecule has 9 heteroatoms. The fraction of sp³-hybridized carbons (Fsp3) is 0.857. The largest absolute Gasteiger partial charge is 0.394 e. The normalized spacial score (nSPS) is 19.8. The highest BCUT2D eigenvalue weighted by molar-refractivity contribution is 7.88. The molecular formula is C7H15NO7S. The molecule has 0 amide bonds. The molecule has 0 aromatic heterocycles. The van der Waals surface area contributed by atoms with Gasteiger partial charge >= 0.3 is 0 Å². The van der Waals surface area contributed by atoms with Crippen LogP contribution >= 0.6 is 0 Å². The first-order valence-electron chi connectivity index (χ1n) is 4.30. The van der Waals surface area contributed by atoms with Crippen molar-refractivity contribution in [2.45, 2.75) is 24.4 Å². The molecule has 0 saturated carbocycles. The van der Waals surface area contributed by atoms with Crippen molar-refractivity contribution in [2.75, 3.05) is 12.9 Å². The second kappa shape index (κ2) is 6.23. The van der Waals surface area contributed by atoms with Crippen LogP contribution in [0.5, 0.6) is 0 Å². The van der Waals surface area contributed by atoms with Gasteiger partial charge in [-0.3, -0.25) is 0 Å². The Bertz CT molecular complexity index is 317. The van der Waals surface area contributed by atoms with E-state index in [0.29, 0.717) is 0 Å². The summed E-state index contributed by atoms with van der Waals surface area (Å²) in [6.07, 6.45) is -4.51. The highest BCUT2D eigenvalue weighted by atomic mass is 32.2. The first-order chi connectivity index (χ1) is 7.22. The summed E-state index contributed by atoms with van der Waals surface area (Å²) in [6, 6.07) is -1.59. The number of aliphatic hydroxyl groups excluding tert-OH is 4. The Morgan fingerprint density at radius 1 is 1.25 bits per heavy atom. The number of carbonyl (C=O) groups excluding carboxylic acids is 1. The second-order valence-corrected chi connectivity index (χ2v) is 5.06. The van der Waals surface area contributed by atoms with E-state index >= 15 is 0 Å². The highest BCUT2D eigenvalue weighted by Gasteiger charge is 2.32. The number of aliphatic hydroxyl groups is 4. The Morgan fingerprint density at radius 3 is 2.06 bits per heavy atom. The van der Waals surface area contributed by atoms with Crippen LogP contribution < -0.4 is 4.72 Å². The first kappa shape index (κ1) is 15.4. The minimum atomic E-state index is -3.74. The molecule has 0 spiro atoms. The molecule has 0 aromatic rings. The zero-order valence-electron chi connectivity index (χ0n) is 8.52. The van der Waals surface area contributed by atoms with E-state index in [2.05, 4.69) is 0 Å². The molecule has 0 fully saturated rings. The summed E-state index contributed by atoms with van der Waals surface area (Å²) in [6.45, 7) is -0.831. The van der Waals surface area contributed by atoms with Crippen LogP contribution in [0.25, 0.3) is 0 Å². The van der Waals surface area contributed by atoms with Gasteiger partial charge in [0.2, 0.25) is 10.0 Å². The van der Waals surface area contributed by atoms with Gasteiger partial charge in [-0.25, -0.2) is 13.1 Å². The van der Waals surface area contributed by atoms with Crippen molar-refractivity contribution >= 4 is 16.3 Å². The predicted octanol–water partition coefficient (Wildman–Crippen LogP) is -3.82. The van der Waals surface area contributed by atoms with Crippen LogP contribution in [0.2, 0.25) is 0 Å². The first-order valence-corrected chi connectivity index (χ1v) is 6.19. The molecule has 96 valence electrons. The third-order valence-electron chi connectivity index (χ3n) is 1.80. The fourth-order valence-corrected chi connectivity index (χ4v) is 1.66. The topological polar surface area (TPSA) is 144 Å². The average molecular weight is 257 g/mol. The monoisotopic (exact) mass is 257 g/mol. The number of hydrogen-bond acceptors (Lipinski definition) is 7. The number of sulfonamides is 1. The standard InChI is InChI=1S/C7H15NO7S/c1-16(14,15)8-4(2-9)6(12)7(13)5(11)3-10/h2,4-8,10-13H,3H2,1H3/t4-,5+,6+,7-/m0/s1. The van der Waals surface area contributed by atoms with Crippen LogP contribution in [0.1, 0.15) is 0 Å². The lowest BCUT2D eigenvalue weighted by Gasteiger charge is -2.25. The molecule has 0 bridgehead atoms. The summed E-state index contributed by atoms with van der Waals surface area (Å²) in [5.74, 6) is 0. The zero-order valence-corrected chi connectivity index (χ0v) is 9.33. The molecule has 0 rings (SSSR count). The Labute approximate surface area is 92.6 Å². The van der Waals surface area contributed by atoms with Gasteiger partial charge in [0.25, 0.3) is 0 Å². The van der Waals surface area contributed by atoms with Crippen LogP contribution in [0.15, 0.2) is 0 Å². The lowest BCUT2D eigenvalue weighted by atomic mass is 10.0. The molecule has 0 saturated heterocycles. The molecule has 0 aromatic carbocycles. The van der Waals surface area contributed by atoms with Crippen LogP contribution in [-0.2, 0) is 14.8 Å². The van der Waals surface area contributed by atoms with Crippen molar-refractivity contribution in [3.05, 3.63) is 0 Å². The number of carbonyl (C=O) groups is 1. The number of aldehydes is 1.